The van der Waals surface area contributed by atoms with Gasteiger partial charge in [-0.15, -0.1) is 0 Å². The molecule has 0 aromatic carbocycles. The fourth-order valence-corrected chi connectivity index (χ4v) is 0.858. The molecule has 1 rings (SSSR count). The topological polar surface area (TPSA) is 55.1 Å². The van der Waals surface area contributed by atoms with Crippen molar-refractivity contribution in [3.8, 4) is 0 Å². The van der Waals surface area contributed by atoms with Gasteiger partial charge in [-0.25, -0.2) is 14.2 Å². The van der Waals surface area contributed by atoms with E-state index in [1.807, 2.05) is 0 Å². The molecule has 1 aromatic rings. The number of aromatic nitrogens is 2. The molecule has 1 heterocycles. The summed E-state index contributed by atoms with van der Waals surface area (Å²) in [6, 6.07) is 0. The lowest BCUT2D eigenvalue weighted by Gasteiger charge is -2.13. The summed E-state index contributed by atoms with van der Waals surface area (Å²) >= 11 is 0. The van der Waals surface area contributed by atoms with E-state index < -0.39 is 23.8 Å². The molecule has 78 valence electrons. The number of alkyl halides is 3. The number of carboxylic acids is 1. The summed E-state index contributed by atoms with van der Waals surface area (Å²) in [6.45, 7) is 0. The average molecular weight is 208 g/mol. The van der Waals surface area contributed by atoms with Gasteiger partial charge in [0.2, 0.25) is 6.17 Å². The lowest BCUT2D eigenvalue weighted by atomic mass is 10.1. The predicted octanol–water partition coefficient (Wildman–Crippen LogP) is 1.15. The zero-order chi connectivity index (χ0) is 10.9. The zero-order valence-electron chi connectivity index (χ0n) is 7.12. The first-order valence-corrected chi connectivity index (χ1v) is 3.59. The Morgan fingerprint density at radius 3 is 2.64 bits per heavy atom. The standard InChI is InChI=1S/C7H7F3N2O2/c1-12-2-4(11-3-12)5(8)7(9,10)6(13)14/h2-3,5H,1H3,(H,13,14). The van der Waals surface area contributed by atoms with Gasteiger partial charge in [0.15, 0.2) is 0 Å². The van der Waals surface area contributed by atoms with Gasteiger partial charge in [-0.2, -0.15) is 8.78 Å². The van der Waals surface area contributed by atoms with E-state index >= 15 is 0 Å². The Balaban J connectivity index is 2.95. The summed E-state index contributed by atoms with van der Waals surface area (Å²) in [6.07, 6.45) is -0.817. The van der Waals surface area contributed by atoms with Crippen molar-refractivity contribution >= 4 is 5.97 Å². The average Bonchev–Trinajstić information content (AvgIpc) is 2.50. The van der Waals surface area contributed by atoms with Crippen LogP contribution in [-0.2, 0) is 11.8 Å². The first-order chi connectivity index (χ1) is 6.35. The first kappa shape index (κ1) is 10.6. The summed E-state index contributed by atoms with van der Waals surface area (Å²) in [5.74, 6) is -6.95. The highest BCUT2D eigenvalue weighted by Crippen LogP contribution is 2.33. The highest BCUT2D eigenvalue weighted by Gasteiger charge is 2.50. The van der Waals surface area contributed by atoms with Crippen LogP contribution in [-0.4, -0.2) is 26.5 Å². The summed E-state index contributed by atoms with van der Waals surface area (Å²) < 4.78 is 39.4. The van der Waals surface area contributed by atoms with Gasteiger partial charge in [-0.3, -0.25) is 0 Å². The van der Waals surface area contributed by atoms with Crippen molar-refractivity contribution in [1.82, 2.24) is 9.55 Å². The molecular weight excluding hydrogens is 201 g/mol. The molecule has 14 heavy (non-hydrogen) atoms. The molecule has 0 spiro atoms. The van der Waals surface area contributed by atoms with E-state index in [1.54, 1.807) is 0 Å². The minimum absolute atomic E-state index is 0.597. The maximum atomic E-state index is 13.0. The molecule has 0 amide bonds. The minimum Gasteiger partial charge on any atom is -0.477 e. The molecule has 0 saturated carbocycles. The monoisotopic (exact) mass is 208 g/mol. The van der Waals surface area contributed by atoms with Gasteiger partial charge in [-0.1, -0.05) is 0 Å². The largest absolute Gasteiger partial charge is 0.477 e. The number of aryl methyl sites for hydroxylation is 1. The summed E-state index contributed by atoms with van der Waals surface area (Å²) in [5.41, 5.74) is -0.597. The van der Waals surface area contributed by atoms with Crippen molar-refractivity contribution in [3.63, 3.8) is 0 Å². The van der Waals surface area contributed by atoms with Crippen molar-refractivity contribution < 1.29 is 23.1 Å². The number of hydrogen-bond acceptors (Lipinski definition) is 2. The Bertz CT molecular complexity index is 350. The molecule has 0 aliphatic heterocycles. The molecule has 0 aliphatic rings. The summed E-state index contributed by atoms with van der Waals surface area (Å²) in [7, 11) is 1.46. The van der Waals surface area contributed by atoms with Crippen LogP contribution < -0.4 is 0 Å². The molecule has 7 heteroatoms. The molecule has 0 radical (unpaired) electrons. The van der Waals surface area contributed by atoms with Gasteiger partial charge in [0, 0.05) is 13.2 Å². The fraction of sp³-hybridized carbons (Fsp3) is 0.429. The maximum Gasteiger partial charge on any atom is 0.378 e. The smallest absolute Gasteiger partial charge is 0.378 e. The van der Waals surface area contributed by atoms with Crippen molar-refractivity contribution in [1.29, 1.82) is 0 Å². The van der Waals surface area contributed by atoms with E-state index in [0.29, 0.717) is 0 Å². The van der Waals surface area contributed by atoms with Gasteiger partial charge < -0.3 is 9.67 Å². The first-order valence-electron chi connectivity index (χ1n) is 3.59. The Morgan fingerprint density at radius 2 is 2.29 bits per heavy atom. The third kappa shape index (κ3) is 1.70. The molecule has 1 atom stereocenters. The number of halogens is 3. The Kier molecular flexibility index (Phi) is 2.50. The number of aliphatic carboxylic acids is 1. The number of nitrogens with zero attached hydrogens (tertiary/aromatic N) is 2. The molecule has 0 aliphatic carbocycles. The molecular formula is C7H7F3N2O2. The Hall–Kier alpha value is -1.53. The number of carbonyl (C=O) groups is 1. The minimum atomic E-state index is -4.45. The molecule has 1 aromatic heterocycles. The van der Waals surface area contributed by atoms with E-state index in [2.05, 4.69) is 4.98 Å². The molecule has 1 N–H and O–H groups in total. The van der Waals surface area contributed by atoms with Gasteiger partial charge in [0.05, 0.1) is 12.0 Å². The van der Waals surface area contributed by atoms with E-state index in [-0.39, 0.29) is 0 Å². The third-order valence-electron chi connectivity index (χ3n) is 1.59. The predicted molar refractivity (Wildman–Crippen MR) is 39.6 cm³/mol. The van der Waals surface area contributed by atoms with Crippen LogP contribution in [0, 0.1) is 0 Å². The molecule has 1 unspecified atom stereocenters. The van der Waals surface area contributed by atoms with Crippen molar-refractivity contribution in [2.45, 2.75) is 12.1 Å². The molecule has 0 saturated heterocycles. The lowest BCUT2D eigenvalue weighted by Crippen LogP contribution is -2.33. The van der Waals surface area contributed by atoms with Crippen molar-refractivity contribution in [3.05, 3.63) is 18.2 Å². The van der Waals surface area contributed by atoms with Gasteiger partial charge in [-0.05, 0) is 0 Å². The number of rotatable bonds is 3. The quantitative estimate of drug-likeness (QED) is 0.810. The number of carboxylic acid groups (broad SMARTS) is 1. The van der Waals surface area contributed by atoms with Crippen LogP contribution in [0.5, 0.6) is 0 Å². The van der Waals surface area contributed by atoms with Gasteiger partial charge >= 0.3 is 11.9 Å². The zero-order valence-corrected chi connectivity index (χ0v) is 7.12. The van der Waals surface area contributed by atoms with Crippen molar-refractivity contribution in [2.75, 3.05) is 0 Å². The summed E-state index contributed by atoms with van der Waals surface area (Å²) in [4.78, 5) is 13.3. The normalized spacial score (nSPS) is 14.0. The Morgan fingerprint density at radius 1 is 1.71 bits per heavy atom. The Labute approximate surface area is 77.0 Å². The highest BCUT2D eigenvalue weighted by atomic mass is 19.3. The van der Waals surface area contributed by atoms with E-state index in [1.165, 1.54) is 11.6 Å². The van der Waals surface area contributed by atoms with Crippen molar-refractivity contribution in [2.24, 2.45) is 7.05 Å². The second-order valence-electron chi connectivity index (χ2n) is 2.75. The molecule has 0 fully saturated rings. The van der Waals surface area contributed by atoms with Gasteiger partial charge in [0.1, 0.15) is 0 Å². The number of hydrogen-bond donors (Lipinski definition) is 1. The van der Waals surface area contributed by atoms with Gasteiger partial charge in [0.25, 0.3) is 0 Å². The van der Waals surface area contributed by atoms with Crippen LogP contribution in [0.25, 0.3) is 0 Å². The fourth-order valence-electron chi connectivity index (χ4n) is 0.858. The molecule has 0 bridgehead atoms. The second-order valence-corrected chi connectivity index (χ2v) is 2.75. The van der Waals surface area contributed by atoms with Crippen LogP contribution in [0.1, 0.15) is 11.9 Å². The van der Waals surface area contributed by atoms with Crippen LogP contribution in [0.4, 0.5) is 13.2 Å². The van der Waals surface area contributed by atoms with E-state index in [9.17, 15) is 18.0 Å². The van der Waals surface area contributed by atoms with Crippen LogP contribution >= 0.6 is 0 Å². The van der Waals surface area contributed by atoms with E-state index in [4.69, 9.17) is 5.11 Å². The van der Waals surface area contributed by atoms with Crippen LogP contribution in [0.3, 0.4) is 0 Å². The lowest BCUT2D eigenvalue weighted by molar-refractivity contribution is -0.175. The van der Waals surface area contributed by atoms with Crippen LogP contribution in [0.15, 0.2) is 12.5 Å². The summed E-state index contributed by atoms with van der Waals surface area (Å²) in [5, 5.41) is 8.06. The highest BCUT2D eigenvalue weighted by molar-refractivity contribution is 5.76. The molecule has 4 nitrogen and oxygen atoms in total. The number of imidazole rings is 1. The second kappa shape index (κ2) is 3.32. The SMILES string of the molecule is Cn1cnc(C(F)C(F)(F)C(=O)O)c1. The van der Waals surface area contributed by atoms with E-state index in [0.717, 1.165) is 12.5 Å². The van der Waals surface area contributed by atoms with Crippen LogP contribution in [0.2, 0.25) is 0 Å². The maximum absolute atomic E-state index is 13.0. The third-order valence-corrected chi connectivity index (χ3v) is 1.59.